The molecule has 0 radical (unpaired) electrons. The molecule has 1 aromatic heterocycles. The molecule has 6 atom stereocenters. The van der Waals surface area contributed by atoms with Gasteiger partial charge in [0.1, 0.15) is 11.5 Å². The normalized spacial score (nSPS) is 28.0. The minimum absolute atomic E-state index is 0.110. The number of nitrogens with zero attached hydrogens (tertiary/aromatic N) is 2. The van der Waals surface area contributed by atoms with Gasteiger partial charge >= 0.3 is 0 Å². The van der Waals surface area contributed by atoms with Crippen molar-refractivity contribution in [2.45, 2.75) is 37.7 Å². The Morgan fingerprint density at radius 2 is 1.73 bits per heavy atom. The van der Waals surface area contributed by atoms with Crippen molar-refractivity contribution in [2.24, 2.45) is 23.7 Å². The zero-order chi connectivity index (χ0) is 30.5. The molecular weight excluding hydrogens is 556 g/mol. The summed E-state index contributed by atoms with van der Waals surface area (Å²) in [5.41, 5.74) is 9.25. The zero-order valence-corrected chi connectivity index (χ0v) is 25.8. The Hall–Kier alpha value is -4.48. The van der Waals surface area contributed by atoms with Crippen LogP contribution in [-0.2, 0) is 4.74 Å². The first-order valence-corrected chi connectivity index (χ1v) is 16.1. The van der Waals surface area contributed by atoms with Gasteiger partial charge < -0.3 is 14.6 Å². The van der Waals surface area contributed by atoms with Crippen molar-refractivity contribution in [3.05, 3.63) is 131 Å². The number of aromatic nitrogens is 2. The smallest absolute Gasteiger partial charge is 0.163 e. The van der Waals surface area contributed by atoms with Gasteiger partial charge in [-0.2, -0.15) is 0 Å². The van der Waals surface area contributed by atoms with Gasteiger partial charge in [0.05, 0.1) is 30.2 Å². The van der Waals surface area contributed by atoms with Gasteiger partial charge in [0.15, 0.2) is 5.82 Å². The highest BCUT2D eigenvalue weighted by Gasteiger charge is 2.48. The third-order valence-corrected chi connectivity index (χ3v) is 10.6. The molecule has 5 nitrogen and oxygen atoms in total. The SMILES string of the molecule is COc1ccc(-c2nc(-c3ccccc3)cc(C3CC=C4C=CC5C(C6=CC=CCC6OC)=CCC6CC=C3C4C65)n2)c(O)c1. The van der Waals surface area contributed by atoms with Crippen molar-refractivity contribution in [3.63, 3.8) is 0 Å². The second-order valence-corrected chi connectivity index (χ2v) is 12.8. The van der Waals surface area contributed by atoms with Crippen LogP contribution in [0.5, 0.6) is 11.5 Å². The highest BCUT2D eigenvalue weighted by atomic mass is 16.5. The van der Waals surface area contributed by atoms with E-state index in [0.717, 1.165) is 42.6 Å². The predicted molar refractivity (Wildman–Crippen MR) is 178 cm³/mol. The van der Waals surface area contributed by atoms with Gasteiger partial charge in [0.2, 0.25) is 0 Å². The summed E-state index contributed by atoms with van der Waals surface area (Å²) in [6.07, 6.45) is 23.2. The Balaban J connectivity index is 1.21. The zero-order valence-electron chi connectivity index (χ0n) is 25.8. The lowest BCUT2D eigenvalue weighted by Gasteiger charge is -2.51. The van der Waals surface area contributed by atoms with Crippen LogP contribution >= 0.6 is 0 Å². The molecule has 3 aromatic rings. The number of allylic oxidation sites excluding steroid dienone is 9. The van der Waals surface area contributed by atoms with Gasteiger partial charge in [-0.15, -0.1) is 0 Å². The van der Waals surface area contributed by atoms with Crippen LogP contribution in [0.3, 0.4) is 0 Å². The first-order chi connectivity index (χ1) is 22.1. The first kappa shape index (κ1) is 28.0. The lowest BCUT2D eigenvalue weighted by Crippen LogP contribution is -2.42. The van der Waals surface area contributed by atoms with Crippen molar-refractivity contribution in [2.75, 3.05) is 14.2 Å². The van der Waals surface area contributed by atoms with Crippen LogP contribution in [0, 0.1) is 23.7 Å². The molecule has 1 heterocycles. The van der Waals surface area contributed by atoms with Crippen LogP contribution in [0.15, 0.2) is 125 Å². The van der Waals surface area contributed by atoms with Gasteiger partial charge in [-0.25, -0.2) is 9.97 Å². The van der Waals surface area contributed by atoms with Crippen molar-refractivity contribution in [1.29, 1.82) is 0 Å². The van der Waals surface area contributed by atoms with Crippen molar-refractivity contribution in [1.82, 2.24) is 9.97 Å². The maximum Gasteiger partial charge on any atom is 0.163 e. The lowest BCUT2D eigenvalue weighted by molar-refractivity contribution is 0.129. The molecule has 0 aliphatic heterocycles. The van der Waals surface area contributed by atoms with E-state index in [1.54, 1.807) is 13.2 Å². The Bertz CT molecular complexity index is 1830. The number of rotatable bonds is 6. The average molecular weight is 595 g/mol. The fraction of sp³-hybridized carbons (Fsp3) is 0.300. The van der Waals surface area contributed by atoms with Crippen LogP contribution in [0.1, 0.15) is 37.3 Å². The van der Waals surface area contributed by atoms with Crippen LogP contribution < -0.4 is 4.74 Å². The summed E-state index contributed by atoms with van der Waals surface area (Å²) < 4.78 is 11.3. The number of phenols is 1. The molecule has 226 valence electrons. The molecule has 8 rings (SSSR count). The van der Waals surface area contributed by atoms with Gasteiger partial charge in [0.25, 0.3) is 0 Å². The van der Waals surface area contributed by atoms with Crippen LogP contribution in [-0.4, -0.2) is 35.4 Å². The fourth-order valence-corrected chi connectivity index (χ4v) is 8.42. The Kier molecular flexibility index (Phi) is 7.14. The molecule has 2 aromatic carbocycles. The van der Waals surface area contributed by atoms with Crippen LogP contribution in [0.25, 0.3) is 22.6 Å². The minimum atomic E-state index is 0.110. The van der Waals surface area contributed by atoms with Crippen molar-refractivity contribution >= 4 is 0 Å². The molecule has 5 aliphatic rings. The van der Waals surface area contributed by atoms with E-state index in [-0.39, 0.29) is 17.8 Å². The van der Waals surface area contributed by atoms with E-state index < -0.39 is 0 Å². The maximum atomic E-state index is 11.0. The quantitative estimate of drug-likeness (QED) is 0.290. The molecule has 0 spiro atoms. The molecule has 5 aliphatic carbocycles. The van der Waals surface area contributed by atoms with Crippen LogP contribution in [0.2, 0.25) is 0 Å². The number of phenolic OH excluding ortho intramolecular Hbond substituents is 1. The second-order valence-electron chi connectivity index (χ2n) is 12.8. The summed E-state index contributed by atoms with van der Waals surface area (Å²) in [5, 5.41) is 11.0. The summed E-state index contributed by atoms with van der Waals surface area (Å²) in [5.74, 6) is 3.28. The Labute approximate surface area is 265 Å². The highest BCUT2D eigenvalue weighted by molar-refractivity contribution is 5.69. The van der Waals surface area contributed by atoms with E-state index in [9.17, 15) is 5.11 Å². The van der Waals surface area contributed by atoms with Crippen LogP contribution in [0.4, 0.5) is 0 Å². The maximum absolute atomic E-state index is 11.0. The Morgan fingerprint density at radius 3 is 2.56 bits per heavy atom. The summed E-state index contributed by atoms with van der Waals surface area (Å²) in [6, 6.07) is 17.8. The number of hydrogen-bond donors (Lipinski definition) is 1. The van der Waals surface area contributed by atoms with Crippen molar-refractivity contribution < 1.29 is 14.6 Å². The number of aromatic hydroxyl groups is 1. The highest BCUT2D eigenvalue weighted by Crippen LogP contribution is 2.58. The molecule has 5 heteroatoms. The average Bonchev–Trinajstić information content (AvgIpc) is 3.10. The third kappa shape index (κ3) is 4.81. The Morgan fingerprint density at radius 1 is 0.867 bits per heavy atom. The molecule has 0 bridgehead atoms. The molecule has 0 saturated carbocycles. The van der Waals surface area contributed by atoms with E-state index >= 15 is 0 Å². The van der Waals surface area contributed by atoms with E-state index in [2.05, 4.69) is 66.8 Å². The minimum Gasteiger partial charge on any atom is -0.507 e. The molecule has 45 heavy (non-hydrogen) atoms. The van der Waals surface area contributed by atoms with E-state index in [1.165, 1.54) is 22.3 Å². The summed E-state index contributed by atoms with van der Waals surface area (Å²) in [6.45, 7) is 0. The van der Waals surface area contributed by atoms with E-state index in [4.69, 9.17) is 19.4 Å². The number of hydrogen-bond acceptors (Lipinski definition) is 5. The molecular formula is C40H38N2O3. The van der Waals surface area contributed by atoms with E-state index in [1.807, 2.05) is 37.4 Å². The number of methoxy groups -OCH3 is 2. The fourth-order valence-electron chi connectivity index (χ4n) is 8.42. The molecule has 6 unspecified atom stereocenters. The molecule has 0 amide bonds. The first-order valence-electron chi connectivity index (χ1n) is 16.1. The van der Waals surface area contributed by atoms with Gasteiger partial charge in [0, 0.05) is 36.5 Å². The number of ether oxygens (including phenoxy) is 2. The van der Waals surface area contributed by atoms with Gasteiger partial charge in [-0.3, -0.25) is 0 Å². The van der Waals surface area contributed by atoms with Gasteiger partial charge in [-0.05, 0) is 72.4 Å². The monoisotopic (exact) mass is 594 g/mol. The largest absolute Gasteiger partial charge is 0.507 e. The van der Waals surface area contributed by atoms with Crippen molar-refractivity contribution in [3.8, 4) is 34.1 Å². The summed E-state index contributed by atoms with van der Waals surface area (Å²) >= 11 is 0. The lowest BCUT2D eigenvalue weighted by atomic mass is 9.53. The molecule has 0 fully saturated rings. The third-order valence-electron chi connectivity index (χ3n) is 10.6. The topological polar surface area (TPSA) is 64.5 Å². The number of benzene rings is 2. The van der Waals surface area contributed by atoms with Gasteiger partial charge in [-0.1, -0.05) is 84.5 Å². The molecule has 0 saturated heterocycles. The second kappa shape index (κ2) is 11.5. The predicted octanol–water partition coefficient (Wildman–Crippen LogP) is 8.53. The molecule has 1 N–H and O–H groups in total. The standard InChI is InChI=1S/C40H38N2O3/c1-44-27-16-21-33(36(43)22-27)40-41-34(24-8-4-3-5-9-24)23-35(42-40)29-18-13-26-14-19-31-28(30-10-6-7-11-37(30)45-2)17-12-25-15-20-32(29)39(26)38(25)31/h3-10,13-14,16-17,19-23,25,29,31,37-39,43H,11-12,15,18H2,1-2H3. The summed E-state index contributed by atoms with van der Waals surface area (Å²) in [4.78, 5) is 10.2. The van der Waals surface area contributed by atoms with E-state index in [0.29, 0.717) is 40.8 Å². The summed E-state index contributed by atoms with van der Waals surface area (Å²) in [7, 11) is 3.43.